The van der Waals surface area contributed by atoms with E-state index in [4.69, 9.17) is 9.84 Å². The van der Waals surface area contributed by atoms with Gasteiger partial charge in [0.15, 0.2) is 0 Å². The van der Waals surface area contributed by atoms with Crippen molar-refractivity contribution in [1.29, 1.82) is 0 Å². The zero-order chi connectivity index (χ0) is 15.0. The van der Waals surface area contributed by atoms with Crippen molar-refractivity contribution in [2.45, 2.75) is 38.6 Å². The quantitative estimate of drug-likeness (QED) is 0.687. The van der Waals surface area contributed by atoms with E-state index < -0.39 is 5.97 Å². The van der Waals surface area contributed by atoms with Gasteiger partial charge in [0.1, 0.15) is 0 Å². The molecule has 0 aromatic carbocycles. The molecule has 0 bridgehead atoms. The lowest BCUT2D eigenvalue weighted by molar-refractivity contribution is -0.139. The molecule has 0 radical (unpaired) electrons. The predicted molar refractivity (Wildman–Crippen MR) is 75.5 cm³/mol. The lowest BCUT2D eigenvalue weighted by Crippen LogP contribution is -2.47. The van der Waals surface area contributed by atoms with E-state index in [0.29, 0.717) is 19.1 Å². The van der Waals surface area contributed by atoms with Crippen molar-refractivity contribution in [2.24, 2.45) is 5.92 Å². The second kappa shape index (κ2) is 8.92. The van der Waals surface area contributed by atoms with E-state index in [2.05, 4.69) is 12.2 Å². The molecular formula is C14H26N2O4. The number of carbonyl (C=O) groups excluding carboxylic acids is 1. The number of hydrogen-bond donors (Lipinski definition) is 2. The van der Waals surface area contributed by atoms with Gasteiger partial charge in [0.25, 0.3) is 0 Å². The monoisotopic (exact) mass is 286 g/mol. The maximum atomic E-state index is 12.0. The fourth-order valence-electron chi connectivity index (χ4n) is 2.61. The maximum absolute atomic E-state index is 12.0. The summed E-state index contributed by atoms with van der Waals surface area (Å²) in [5.41, 5.74) is 0. The molecule has 1 aliphatic rings. The largest absolute Gasteiger partial charge is 0.480 e. The highest BCUT2D eigenvalue weighted by atomic mass is 16.5. The number of ether oxygens (including phenoxy) is 1. The first-order valence-corrected chi connectivity index (χ1v) is 7.25. The molecule has 0 aromatic rings. The molecule has 2 N–H and O–H groups in total. The van der Waals surface area contributed by atoms with Gasteiger partial charge in [-0.2, -0.15) is 0 Å². The molecule has 2 atom stereocenters. The highest BCUT2D eigenvalue weighted by Gasteiger charge is 2.23. The highest BCUT2D eigenvalue weighted by Crippen LogP contribution is 2.23. The fourth-order valence-corrected chi connectivity index (χ4v) is 2.61. The number of hydrogen-bond acceptors (Lipinski definition) is 4. The molecule has 0 aliphatic heterocycles. The second-order valence-corrected chi connectivity index (χ2v) is 5.53. The summed E-state index contributed by atoms with van der Waals surface area (Å²) in [6.07, 6.45) is 4.54. The standard InChI is InChI=1S/C14H26N2O4/c1-11-5-3-4-6-12(11)15-13(17)9-16(7-8-20-2)10-14(18)19/h11-12H,3-10H2,1-2H3,(H,15,17)(H,18,19). The van der Waals surface area contributed by atoms with Crippen LogP contribution in [0.15, 0.2) is 0 Å². The van der Waals surface area contributed by atoms with Crippen LogP contribution in [0.2, 0.25) is 0 Å². The van der Waals surface area contributed by atoms with Crippen LogP contribution in [-0.2, 0) is 14.3 Å². The molecule has 0 aromatic heterocycles. The molecule has 1 amide bonds. The third-order valence-corrected chi connectivity index (χ3v) is 3.80. The molecule has 20 heavy (non-hydrogen) atoms. The molecule has 1 saturated carbocycles. The van der Waals surface area contributed by atoms with Crippen LogP contribution in [0, 0.1) is 5.92 Å². The molecular weight excluding hydrogens is 260 g/mol. The van der Waals surface area contributed by atoms with Crippen molar-refractivity contribution in [3.63, 3.8) is 0 Å². The fraction of sp³-hybridized carbons (Fsp3) is 0.857. The van der Waals surface area contributed by atoms with Gasteiger partial charge in [-0.3, -0.25) is 14.5 Å². The van der Waals surface area contributed by atoms with Crippen LogP contribution < -0.4 is 5.32 Å². The number of amides is 1. The second-order valence-electron chi connectivity index (χ2n) is 5.53. The van der Waals surface area contributed by atoms with Crippen LogP contribution in [0.5, 0.6) is 0 Å². The average molecular weight is 286 g/mol. The Balaban J connectivity index is 2.41. The summed E-state index contributed by atoms with van der Waals surface area (Å²) in [7, 11) is 1.56. The topological polar surface area (TPSA) is 78.9 Å². The van der Waals surface area contributed by atoms with Gasteiger partial charge in [-0.05, 0) is 18.8 Å². The van der Waals surface area contributed by atoms with Crippen molar-refractivity contribution in [3.8, 4) is 0 Å². The van der Waals surface area contributed by atoms with E-state index >= 15 is 0 Å². The number of rotatable bonds is 8. The van der Waals surface area contributed by atoms with Gasteiger partial charge in [0.05, 0.1) is 19.7 Å². The summed E-state index contributed by atoms with van der Waals surface area (Å²) >= 11 is 0. The third kappa shape index (κ3) is 6.34. The van der Waals surface area contributed by atoms with E-state index in [-0.39, 0.29) is 25.0 Å². The lowest BCUT2D eigenvalue weighted by atomic mass is 9.86. The summed E-state index contributed by atoms with van der Waals surface area (Å²) in [6, 6.07) is 0.227. The van der Waals surface area contributed by atoms with Crippen LogP contribution in [0.1, 0.15) is 32.6 Å². The molecule has 0 saturated heterocycles. The van der Waals surface area contributed by atoms with Crippen molar-refractivity contribution in [1.82, 2.24) is 10.2 Å². The first-order chi connectivity index (χ1) is 9.52. The molecule has 0 spiro atoms. The molecule has 1 rings (SSSR count). The van der Waals surface area contributed by atoms with E-state index in [1.54, 1.807) is 12.0 Å². The minimum absolute atomic E-state index is 0.0962. The molecule has 6 heteroatoms. The summed E-state index contributed by atoms with van der Waals surface area (Å²) in [5, 5.41) is 11.9. The normalized spacial score (nSPS) is 22.8. The smallest absolute Gasteiger partial charge is 0.317 e. The molecule has 2 unspecified atom stereocenters. The molecule has 6 nitrogen and oxygen atoms in total. The van der Waals surface area contributed by atoms with Crippen molar-refractivity contribution in [3.05, 3.63) is 0 Å². The number of nitrogens with one attached hydrogen (secondary N) is 1. The Bertz CT molecular complexity index is 322. The van der Waals surface area contributed by atoms with E-state index in [9.17, 15) is 9.59 Å². The molecule has 0 heterocycles. The first kappa shape index (κ1) is 16.9. The van der Waals surface area contributed by atoms with E-state index in [1.165, 1.54) is 6.42 Å². The van der Waals surface area contributed by atoms with Gasteiger partial charge in [-0.15, -0.1) is 0 Å². The number of carboxylic acids is 1. The van der Waals surface area contributed by atoms with Crippen molar-refractivity contribution < 1.29 is 19.4 Å². The zero-order valence-corrected chi connectivity index (χ0v) is 12.4. The molecule has 1 aliphatic carbocycles. The number of nitrogens with zero attached hydrogens (tertiary/aromatic N) is 1. The maximum Gasteiger partial charge on any atom is 0.317 e. The van der Waals surface area contributed by atoms with Gasteiger partial charge in [-0.1, -0.05) is 19.8 Å². The Morgan fingerprint density at radius 3 is 2.60 bits per heavy atom. The first-order valence-electron chi connectivity index (χ1n) is 7.25. The zero-order valence-electron chi connectivity index (χ0n) is 12.4. The number of aliphatic carboxylic acids is 1. The minimum atomic E-state index is -0.931. The molecule has 1 fully saturated rings. The van der Waals surface area contributed by atoms with Crippen LogP contribution in [0.25, 0.3) is 0 Å². The summed E-state index contributed by atoms with van der Waals surface area (Å²) in [6.45, 7) is 2.98. The van der Waals surface area contributed by atoms with Gasteiger partial charge < -0.3 is 15.2 Å². The van der Waals surface area contributed by atoms with Crippen LogP contribution >= 0.6 is 0 Å². The Kier molecular flexibility index (Phi) is 7.54. The van der Waals surface area contributed by atoms with Crippen LogP contribution in [0.3, 0.4) is 0 Å². The third-order valence-electron chi connectivity index (χ3n) is 3.80. The average Bonchev–Trinajstić information content (AvgIpc) is 2.38. The van der Waals surface area contributed by atoms with E-state index in [0.717, 1.165) is 19.3 Å². The van der Waals surface area contributed by atoms with Gasteiger partial charge in [0, 0.05) is 19.7 Å². The summed E-state index contributed by atoms with van der Waals surface area (Å²) < 4.78 is 4.94. The van der Waals surface area contributed by atoms with Crippen LogP contribution in [0.4, 0.5) is 0 Å². The van der Waals surface area contributed by atoms with Crippen molar-refractivity contribution in [2.75, 3.05) is 33.4 Å². The SMILES string of the molecule is COCCN(CC(=O)O)CC(=O)NC1CCCCC1C. The highest BCUT2D eigenvalue weighted by molar-refractivity contribution is 5.79. The Morgan fingerprint density at radius 1 is 1.30 bits per heavy atom. The lowest BCUT2D eigenvalue weighted by Gasteiger charge is -2.30. The molecule has 116 valence electrons. The Labute approximate surface area is 120 Å². The minimum Gasteiger partial charge on any atom is -0.480 e. The number of carbonyl (C=O) groups is 2. The number of methoxy groups -OCH3 is 1. The summed E-state index contributed by atoms with van der Waals surface area (Å²) in [4.78, 5) is 24.4. The van der Waals surface area contributed by atoms with Gasteiger partial charge in [0.2, 0.25) is 5.91 Å². The van der Waals surface area contributed by atoms with Crippen molar-refractivity contribution >= 4 is 11.9 Å². The predicted octanol–water partition coefficient (Wildman–Crippen LogP) is 0.714. The van der Waals surface area contributed by atoms with Crippen LogP contribution in [-0.4, -0.2) is 61.3 Å². The number of carboxylic acid groups (broad SMARTS) is 1. The Morgan fingerprint density at radius 2 is 2.00 bits per heavy atom. The van der Waals surface area contributed by atoms with Gasteiger partial charge in [-0.25, -0.2) is 0 Å². The van der Waals surface area contributed by atoms with Gasteiger partial charge >= 0.3 is 5.97 Å². The van der Waals surface area contributed by atoms with E-state index in [1.807, 2.05) is 0 Å². The Hall–Kier alpha value is -1.14. The summed E-state index contributed by atoms with van der Waals surface area (Å²) in [5.74, 6) is -0.527.